The summed E-state index contributed by atoms with van der Waals surface area (Å²) in [6, 6.07) is 0. The van der Waals surface area contributed by atoms with E-state index >= 15 is 0 Å². The van der Waals surface area contributed by atoms with Crippen LogP contribution in [0.25, 0.3) is 0 Å². The molecule has 0 atom stereocenters. The van der Waals surface area contributed by atoms with E-state index in [2.05, 4.69) is 4.90 Å². The van der Waals surface area contributed by atoms with Crippen molar-refractivity contribution >= 4 is 19.4 Å². The van der Waals surface area contributed by atoms with Crippen LogP contribution in [0, 0.1) is 0 Å². The van der Waals surface area contributed by atoms with Crippen molar-refractivity contribution in [2.45, 2.75) is 6.92 Å². The fourth-order valence-corrected chi connectivity index (χ4v) is 0.311. The van der Waals surface area contributed by atoms with Gasteiger partial charge in [-0.05, 0) is 6.92 Å². The Balaban J connectivity index is 3.68. The maximum Gasteiger partial charge on any atom is 0.335 e. The number of hydrogen-bond acceptors (Lipinski definition) is 2. The van der Waals surface area contributed by atoms with E-state index in [1.807, 2.05) is 25.9 Å². The third-order valence-electron chi connectivity index (χ3n) is 1.04. The molecule has 0 fully saturated rings. The molecule has 0 aliphatic carbocycles. The van der Waals surface area contributed by atoms with Gasteiger partial charge in [0.25, 0.3) is 0 Å². The highest BCUT2D eigenvalue weighted by Gasteiger charge is 1.89. The molecule has 0 bridgehead atoms. The van der Waals surface area contributed by atoms with Crippen LogP contribution in [0.3, 0.4) is 0 Å². The first kappa shape index (κ1) is 8.20. The number of carbonyl (C=O) groups excluding carboxylic acids is 1. The van der Waals surface area contributed by atoms with E-state index in [1.165, 1.54) is 0 Å². The molecule has 9 heavy (non-hydrogen) atoms. The summed E-state index contributed by atoms with van der Waals surface area (Å²) in [6.07, 6.45) is 0.785. The lowest BCUT2D eigenvalue weighted by molar-refractivity contribution is 0.568. The van der Waals surface area contributed by atoms with E-state index < -0.39 is 0 Å². The molecule has 0 amide bonds. The van der Waals surface area contributed by atoms with Crippen molar-refractivity contribution in [3.05, 3.63) is 0 Å². The lowest BCUT2D eigenvalue weighted by Gasteiger charge is -2.09. The molecule has 0 saturated heterocycles. The van der Waals surface area contributed by atoms with Gasteiger partial charge in [-0.15, -0.1) is 0 Å². The van der Waals surface area contributed by atoms with Crippen LogP contribution >= 0.6 is 0 Å². The zero-order chi connectivity index (χ0) is 7.28. The smallest absolute Gasteiger partial charge is 0.335 e. The quantitative estimate of drug-likeness (QED) is 0.216. The molecule has 0 aliphatic rings. The molecular weight excluding hydrogens is 115 g/mol. The number of amidine groups is 1. The molecular formula is C5H11BN2O. The van der Waals surface area contributed by atoms with Crippen LogP contribution in [0.1, 0.15) is 6.92 Å². The Labute approximate surface area is 56.0 Å². The molecule has 0 N–H and O–H groups in total. The topological polar surface area (TPSA) is 32.7 Å². The van der Waals surface area contributed by atoms with Gasteiger partial charge in [-0.2, -0.15) is 0 Å². The molecule has 0 radical (unpaired) electrons. The lowest BCUT2D eigenvalue weighted by atomic mass is 10.0. The SMILES string of the molecule is C/C(=N\BC=O)N(C)C. The summed E-state index contributed by atoms with van der Waals surface area (Å²) in [5, 5.41) is 0. The van der Waals surface area contributed by atoms with Crippen LogP contribution in [0.4, 0.5) is 0 Å². The van der Waals surface area contributed by atoms with E-state index in [0.29, 0.717) is 0 Å². The monoisotopic (exact) mass is 126 g/mol. The average Bonchev–Trinajstić information content (AvgIpc) is 1.82. The maximum atomic E-state index is 9.81. The zero-order valence-corrected chi connectivity index (χ0v) is 6.09. The third-order valence-corrected chi connectivity index (χ3v) is 1.04. The Morgan fingerprint density at radius 3 is 2.56 bits per heavy atom. The minimum atomic E-state index is 0.268. The van der Waals surface area contributed by atoms with Crippen LogP contribution in [0.2, 0.25) is 0 Å². The summed E-state index contributed by atoms with van der Waals surface area (Å²) in [5.41, 5.74) is 0. The summed E-state index contributed by atoms with van der Waals surface area (Å²) < 4.78 is 0. The Morgan fingerprint density at radius 1 is 1.67 bits per heavy atom. The Morgan fingerprint density at radius 2 is 2.22 bits per heavy atom. The van der Waals surface area contributed by atoms with Crippen molar-refractivity contribution in [1.29, 1.82) is 0 Å². The summed E-state index contributed by atoms with van der Waals surface area (Å²) in [6.45, 7) is 1.86. The van der Waals surface area contributed by atoms with E-state index in [-0.39, 0.29) is 7.41 Å². The van der Waals surface area contributed by atoms with Gasteiger partial charge in [-0.25, -0.2) is 0 Å². The normalized spacial score (nSPS) is 10.8. The average molecular weight is 126 g/mol. The van der Waals surface area contributed by atoms with Gasteiger partial charge in [0, 0.05) is 14.1 Å². The predicted molar refractivity (Wildman–Crippen MR) is 40.7 cm³/mol. The third kappa shape index (κ3) is 3.76. The Kier molecular flexibility index (Phi) is 3.76. The van der Waals surface area contributed by atoms with E-state index in [4.69, 9.17) is 0 Å². The van der Waals surface area contributed by atoms with Crippen LogP contribution in [-0.2, 0) is 4.79 Å². The molecule has 0 rings (SSSR count). The lowest BCUT2D eigenvalue weighted by Crippen LogP contribution is -2.19. The highest BCUT2D eigenvalue weighted by Crippen LogP contribution is 1.78. The van der Waals surface area contributed by atoms with Crippen molar-refractivity contribution in [3.8, 4) is 0 Å². The molecule has 3 nitrogen and oxygen atoms in total. The summed E-state index contributed by atoms with van der Waals surface area (Å²) in [4.78, 5) is 15.6. The predicted octanol–water partition coefficient (Wildman–Crippen LogP) is -0.492. The van der Waals surface area contributed by atoms with Crippen LogP contribution in [0.15, 0.2) is 4.90 Å². The van der Waals surface area contributed by atoms with Gasteiger partial charge < -0.3 is 14.6 Å². The van der Waals surface area contributed by atoms with E-state index in [9.17, 15) is 4.79 Å². The van der Waals surface area contributed by atoms with Crippen molar-refractivity contribution in [1.82, 2.24) is 4.90 Å². The largest absolute Gasteiger partial charge is 0.368 e. The molecule has 0 spiro atoms. The second kappa shape index (κ2) is 4.12. The second-order valence-electron chi connectivity index (χ2n) is 1.95. The second-order valence-corrected chi connectivity index (χ2v) is 1.95. The summed E-state index contributed by atoms with van der Waals surface area (Å²) >= 11 is 0. The highest BCUT2D eigenvalue weighted by atomic mass is 16.1. The Bertz CT molecular complexity index is 122. The van der Waals surface area contributed by atoms with Gasteiger partial charge in [0.05, 0.1) is 5.84 Å². The molecule has 0 aromatic heterocycles. The molecule has 50 valence electrons. The molecule has 4 heteroatoms. The first-order valence-corrected chi connectivity index (χ1v) is 2.80. The maximum absolute atomic E-state index is 9.81. The minimum Gasteiger partial charge on any atom is -0.368 e. The van der Waals surface area contributed by atoms with E-state index in [0.717, 1.165) is 12.0 Å². The van der Waals surface area contributed by atoms with Crippen molar-refractivity contribution in [2.24, 2.45) is 4.90 Å². The minimum absolute atomic E-state index is 0.268. The summed E-state index contributed by atoms with van der Waals surface area (Å²) in [5.74, 6) is 0.877. The molecule has 0 heterocycles. The van der Waals surface area contributed by atoms with E-state index in [1.54, 1.807) is 0 Å². The fourth-order valence-electron chi connectivity index (χ4n) is 0.311. The van der Waals surface area contributed by atoms with Crippen molar-refractivity contribution in [3.63, 3.8) is 0 Å². The number of rotatable bonds is 2. The number of hydrogen-bond donors (Lipinski definition) is 0. The van der Waals surface area contributed by atoms with Gasteiger partial charge in [-0.1, -0.05) is 0 Å². The van der Waals surface area contributed by atoms with Crippen molar-refractivity contribution < 1.29 is 4.79 Å². The van der Waals surface area contributed by atoms with Gasteiger partial charge in [-0.3, -0.25) is 0 Å². The van der Waals surface area contributed by atoms with Gasteiger partial charge in [0.15, 0.2) is 0 Å². The van der Waals surface area contributed by atoms with Gasteiger partial charge in [0.2, 0.25) is 0 Å². The zero-order valence-electron chi connectivity index (χ0n) is 6.09. The molecule has 0 aromatic rings. The van der Waals surface area contributed by atoms with Crippen molar-refractivity contribution in [2.75, 3.05) is 14.1 Å². The highest BCUT2D eigenvalue weighted by molar-refractivity contribution is 6.66. The van der Waals surface area contributed by atoms with Crippen LogP contribution < -0.4 is 0 Å². The molecule has 0 unspecified atom stereocenters. The first-order valence-electron chi connectivity index (χ1n) is 2.80. The number of nitrogens with zero attached hydrogens (tertiary/aromatic N) is 2. The fraction of sp³-hybridized carbons (Fsp3) is 0.600. The van der Waals surface area contributed by atoms with Gasteiger partial charge in [0.1, 0.15) is 6.19 Å². The standard InChI is InChI=1S/C5H11BN2O/c1-5(8(2)3)7-6-4-9/h4,6H,1-3H3/b7-5+. The molecule has 0 aliphatic heterocycles. The van der Waals surface area contributed by atoms with Crippen LogP contribution in [-0.4, -0.2) is 38.4 Å². The summed E-state index contributed by atoms with van der Waals surface area (Å²) in [7, 11) is 4.05. The van der Waals surface area contributed by atoms with Gasteiger partial charge >= 0.3 is 7.41 Å². The number of carbonyl (C=O) groups is 1. The molecule has 0 saturated carbocycles. The molecule has 0 aromatic carbocycles. The Hall–Kier alpha value is -0.795. The van der Waals surface area contributed by atoms with Crippen LogP contribution in [0.5, 0.6) is 0 Å². The first-order chi connectivity index (χ1) is 4.18.